The molecule has 0 spiro atoms. The Bertz CT molecular complexity index is 340. The summed E-state index contributed by atoms with van der Waals surface area (Å²) in [5.74, 6) is 0.250. The summed E-state index contributed by atoms with van der Waals surface area (Å²) in [6.07, 6.45) is 0. The molecule has 0 aromatic heterocycles. The zero-order chi connectivity index (χ0) is 13.1. The van der Waals surface area contributed by atoms with Crippen LogP contribution in [0.15, 0.2) is 24.3 Å². The van der Waals surface area contributed by atoms with Crippen LogP contribution in [0.3, 0.4) is 0 Å². The van der Waals surface area contributed by atoms with Crippen LogP contribution < -0.4 is 5.32 Å². The minimum atomic E-state index is -0.654. The van der Waals surface area contributed by atoms with E-state index in [1.807, 2.05) is 20.8 Å². The fourth-order valence-corrected chi connectivity index (χ4v) is 1.54. The molecule has 1 rings (SSSR count). The molecule has 0 aliphatic rings. The standard InChI is InChI=1S/C15H25NO/c1-11(2)15(5,17)10-16-13(4)14-8-6-12(3)7-9-14/h6-9,11,13,16-17H,10H2,1-5H3/t13-,15?/m0/s1. The highest BCUT2D eigenvalue weighted by Gasteiger charge is 2.25. The Kier molecular flexibility index (Phi) is 4.72. The van der Waals surface area contributed by atoms with Crippen LogP contribution in [0.5, 0.6) is 0 Å². The molecule has 2 nitrogen and oxygen atoms in total. The molecule has 1 aromatic rings. The predicted molar refractivity (Wildman–Crippen MR) is 73.1 cm³/mol. The van der Waals surface area contributed by atoms with E-state index in [-0.39, 0.29) is 12.0 Å². The molecule has 96 valence electrons. The van der Waals surface area contributed by atoms with Crippen molar-refractivity contribution in [3.05, 3.63) is 35.4 Å². The van der Waals surface area contributed by atoms with Crippen LogP contribution in [0.4, 0.5) is 0 Å². The highest BCUT2D eigenvalue weighted by atomic mass is 16.3. The van der Waals surface area contributed by atoms with Crippen molar-refractivity contribution in [3.63, 3.8) is 0 Å². The third kappa shape index (κ3) is 4.14. The van der Waals surface area contributed by atoms with Gasteiger partial charge in [-0.25, -0.2) is 0 Å². The molecule has 1 unspecified atom stereocenters. The lowest BCUT2D eigenvalue weighted by Gasteiger charge is -2.29. The van der Waals surface area contributed by atoms with Gasteiger partial charge >= 0.3 is 0 Å². The molecule has 17 heavy (non-hydrogen) atoms. The smallest absolute Gasteiger partial charge is 0.0766 e. The SMILES string of the molecule is Cc1ccc([C@H](C)NCC(C)(O)C(C)C)cc1. The molecule has 0 saturated heterocycles. The Labute approximate surface area is 105 Å². The first-order valence-corrected chi connectivity index (χ1v) is 6.35. The van der Waals surface area contributed by atoms with Crippen molar-refractivity contribution in [3.8, 4) is 0 Å². The third-order valence-corrected chi connectivity index (χ3v) is 3.59. The number of nitrogens with one attached hydrogen (secondary N) is 1. The van der Waals surface area contributed by atoms with Gasteiger partial charge in [0.2, 0.25) is 0 Å². The molecule has 2 N–H and O–H groups in total. The lowest BCUT2D eigenvalue weighted by atomic mass is 9.92. The Morgan fingerprint density at radius 1 is 1.18 bits per heavy atom. The van der Waals surface area contributed by atoms with Crippen molar-refractivity contribution in [1.29, 1.82) is 0 Å². The molecule has 2 heteroatoms. The van der Waals surface area contributed by atoms with E-state index in [0.29, 0.717) is 6.54 Å². The fraction of sp³-hybridized carbons (Fsp3) is 0.600. The second-order valence-electron chi connectivity index (χ2n) is 5.53. The van der Waals surface area contributed by atoms with E-state index in [1.54, 1.807) is 0 Å². The molecule has 0 saturated carbocycles. The maximum absolute atomic E-state index is 10.2. The maximum atomic E-state index is 10.2. The first kappa shape index (κ1) is 14.2. The van der Waals surface area contributed by atoms with E-state index in [1.165, 1.54) is 11.1 Å². The molecule has 0 heterocycles. The van der Waals surface area contributed by atoms with Crippen molar-refractivity contribution >= 4 is 0 Å². The first-order chi connectivity index (χ1) is 7.83. The number of benzene rings is 1. The molecule has 0 aliphatic carbocycles. The van der Waals surface area contributed by atoms with Crippen LogP contribution in [0.2, 0.25) is 0 Å². The van der Waals surface area contributed by atoms with Gasteiger partial charge in [-0.2, -0.15) is 0 Å². The molecule has 0 radical (unpaired) electrons. The highest BCUT2D eigenvalue weighted by Crippen LogP contribution is 2.18. The highest BCUT2D eigenvalue weighted by molar-refractivity contribution is 5.23. The van der Waals surface area contributed by atoms with Gasteiger partial charge in [0.05, 0.1) is 5.60 Å². The van der Waals surface area contributed by atoms with Gasteiger partial charge in [0, 0.05) is 12.6 Å². The number of hydrogen-bond donors (Lipinski definition) is 2. The van der Waals surface area contributed by atoms with Gasteiger partial charge < -0.3 is 10.4 Å². The number of aryl methyl sites for hydroxylation is 1. The predicted octanol–water partition coefficient (Wildman–Crippen LogP) is 3.05. The van der Waals surface area contributed by atoms with Crippen molar-refractivity contribution in [1.82, 2.24) is 5.32 Å². The van der Waals surface area contributed by atoms with Gasteiger partial charge in [0.1, 0.15) is 0 Å². The minimum Gasteiger partial charge on any atom is -0.389 e. The lowest BCUT2D eigenvalue weighted by Crippen LogP contribution is -2.42. The molecular weight excluding hydrogens is 210 g/mol. The van der Waals surface area contributed by atoms with Crippen LogP contribution in [0.25, 0.3) is 0 Å². The van der Waals surface area contributed by atoms with Crippen molar-refractivity contribution in [2.24, 2.45) is 5.92 Å². The van der Waals surface area contributed by atoms with E-state index in [2.05, 4.69) is 43.4 Å². The molecule has 1 aromatic carbocycles. The summed E-state index contributed by atoms with van der Waals surface area (Å²) in [4.78, 5) is 0. The number of hydrogen-bond acceptors (Lipinski definition) is 2. The topological polar surface area (TPSA) is 32.3 Å². The molecular formula is C15H25NO. The summed E-state index contributed by atoms with van der Waals surface area (Å²) >= 11 is 0. The molecule has 0 amide bonds. The minimum absolute atomic E-state index is 0.250. The number of rotatable bonds is 5. The van der Waals surface area contributed by atoms with E-state index >= 15 is 0 Å². The summed E-state index contributed by atoms with van der Waals surface area (Å²) in [6.45, 7) is 10.8. The summed E-state index contributed by atoms with van der Waals surface area (Å²) in [5.41, 5.74) is 1.88. The van der Waals surface area contributed by atoms with E-state index in [4.69, 9.17) is 0 Å². The second-order valence-corrected chi connectivity index (χ2v) is 5.53. The van der Waals surface area contributed by atoms with Gasteiger partial charge in [0.15, 0.2) is 0 Å². The third-order valence-electron chi connectivity index (χ3n) is 3.59. The van der Waals surface area contributed by atoms with Crippen LogP contribution in [0, 0.1) is 12.8 Å². The van der Waals surface area contributed by atoms with Crippen molar-refractivity contribution < 1.29 is 5.11 Å². The van der Waals surface area contributed by atoms with Crippen LogP contribution >= 0.6 is 0 Å². The van der Waals surface area contributed by atoms with Gasteiger partial charge in [-0.05, 0) is 32.3 Å². The monoisotopic (exact) mass is 235 g/mol. The van der Waals surface area contributed by atoms with Crippen LogP contribution in [-0.4, -0.2) is 17.3 Å². The van der Waals surface area contributed by atoms with Crippen LogP contribution in [-0.2, 0) is 0 Å². The average Bonchev–Trinajstić information content (AvgIpc) is 2.27. The average molecular weight is 235 g/mol. The normalized spacial score (nSPS) is 16.9. The maximum Gasteiger partial charge on any atom is 0.0766 e. The Morgan fingerprint density at radius 2 is 1.71 bits per heavy atom. The van der Waals surface area contributed by atoms with E-state index in [0.717, 1.165) is 0 Å². The van der Waals surface area contributed by atoms with Gasteiger partial charge in [-0.1, -0.05) is 43.7 Å². The lowest BCUT2D eigenvalue weighted by molar-refractivity contribution is 0.0122. The largest absolute Gasteiger partial charge is 0.389 e. The summed E-state index contributed by atoms with van der Waals surface area (Å²) in [6, 6.07) is 8.77. The summed E-state index contributed by atoms with van der Waals surface area (Å²) < 4.78 is 0. The van der Waals surface area contributed by atoms with Gasteiger partial charge in [0.25, 0.3) is 0 Å². The first-order valence-electron chi connectivity index (χ1n) is 6.35. The Morgan fingerprint density at radius 3 is 2.18 bits per heavy atom. The Hall–Kier alpha value is -0.860. The molecule has 0 aliphatic heterocycles. The van der Waals surface area contributed by atoms with Gasteiger partial charge in [-0.3, -0.25) is 0 Å². The molecule has 0 bridgehead atoms. The van der Waals surface area contributed by atoms with Crippen molar-refractivity contribution in [2.75, 3.05) is 6.54 Å². The van der Waals surface area contributed by atoms with E-state index in [9.17, 15) is 5.11 Å². The Balaban J connectivity index is 2.55. The van der Waals surface area contributed by atoms with Crippen LogP contribution in [0.1, 0.15) is 44.9 Å². The fourth-order valence-electron chi connectivity index (χ4n) is 1.54. The van der Waals surface area contributed by atoms with Crippen molar-refractivity contribution in [2.45, 2.75) is 46.3 Å². The summed E-state index contributed by atoms with van der Waals surface area (Å²) in [5, 5.41) is 13.6. The summed E-state index contributed by atoms with van der Waals surface area (Å²) in [7, 11) is 0. The molecule has 2 atom stereocenters. The quantitative estimate of drug-likeness (QED) is 0.822. The number of aliphatic hydroxyl groups is 1. The zero-order valence-corrected chi connectivity index (χ0v) is 11.6. The zero-order valence-electron chi connectivity index (χ0n) is 11.6. The second kappa shape index (κ2) is 5.65. The van der Waals surface area contributed by atoms with Gasteiger partial charge in [-0.15, -0.1) is 0 Å². The van der Waals surface area contributed by atoms with E-state index < -0.39 is 5.60 Å². The molecule has 0 fully saturated rings.